The van der Waals surface area contributed by atoms with E-state index in [-0.39, 0.29) is 6.04 Å². The number of halogens is 1. The van der Waals surface area contributed by atoms with Crippen LogP contribution in [-0.2, 0) is 0 Å². The standard InChI is InChI=1S/C11H16ClNO/c1-3-6-14-11-5-4-9(12)7-10(11)8(2)13/h4-5,7-8H,3,6,13H2,1-2H3. The van der Waals surface area contributed by atoms with Gasteiger partial charge < -0.3 is 10.5 Å². The van der Waals surface area contributed by atoms with Crippen molar-refractivity contribution in [1.29, 1.82) is 0 Å². The van der Waals surface area contributed by atoms with E-state index >= 15 is 0 Å². The third kappa shape index (κ3) is 2.89. The van der Waals surface area contributed by atoms with Crippen molar-refractivity contribution in [3.8, 4) is 5.75 Å². The molecule has 0 saturated heterocycles. The van der Waals surface area contributed by atoms with Crippen molar-refractivity contribution in [2.45, 2.75) is 26.3 Å². The van der Waals surface area contributed by atoms with Crippen molar-refractivity contribution in [2.75, 3.05) is 6.61 Å². The van der Waals surface area contributed by atoms with Crippen LogP contribution in [0.2, 0.25) is 5.02 Å². The van der Waals surface area contributed by atoms with Crippen LogP contribution < -0.4 is 10.5 Å². The van der Waals surface area contributed by atoms with E-state index < -0.39 is 0 Å². The number of hydrogen-bond acceptors (Lipinski definition) is 2. The highest BCUT2D eigenvalue weighted by atomic mass is 35.5. The van der Waals surface area contributed by atoms with E-state index in [1.54, 1.807) is 0 Å². The van der Waals surface area contributed by atoms with E-state index in [9.17, 15) is 0 Å². The molecule has 2 N–H and O–H groups in total. The Hall–Kier alpha value is -0.730. The first kappa shape index (κ1) is 11.3. The molecule has 78 valence electrons. The molecule has 0 bridgehead atoms. The molecule has 3 heteroatoms. The predicted molar refractivity (Wildman–Crippen MR) is 59.8 cm³/mol. The van der Waals surface area contributed by atoms with Crippen molar-refractivity contribution < 1.29 is 4.74 Å². The quantitative estimate of drug-likeness (QED) is 0.834. The first-order valence-electron chi connectivity index (χ1n) is 4.83. The van der Waals surface area contributed by atoms with Gasteiger partial charge >= 0.3 is 0 Å². The summed E-state index contributed by atoms with van der Waals surface area (Å²) in [6.07, 6.45) is 0.987. The van der Waals surface area contributed by atoms with E-state index in [0.717, 1.165) is 17.7 Å². The molecule has 0 aliphatic rings. The van der Waals surface area contributed by atoms with Gasteiger partial charge in [-0.25, -0.2) is 0 Å². The summed E-state index contributed by atoms with van der Waals surface area (Å²) in [7, 11) is 0. The second kappa shape index (κ2) is 5.23. The van der Waals surface area contributed by atoms with Gasteiger partial charge in [0.15, 0.2) is 0 Å². The Kier molecular flexibility index (Phi) is 4.23. The highest BCUT2D eigenvalue weighted by molar-refractivity contribution is 6.30. The third-order valence-corrected chi connectivity index (χ3v) is 2.16. The molecule has 14 heavy (non-hydrogen) atoms. The molecule has 0 aromatic heterocycles. The topological polar surface area (TPSA) is 35.2 Å². The average Bonchev–Trinajstić information content (AvgIpc) is 2.15. The van der Waals surface area contributed by atoms with Crippen molar-refractivity contribution in [3.05, 3.63) is 28.8 Å². The molecule has 1 aromatic rings. The summed E-state index contributed by atoms with van der Waals surface area (Å²) in [4.78, 5) is 0. The first-order valence-corrected chi connectivity index (χ1v) is 5.20. The maximum absolute atomic E-state index is 5.88. The lowest BCUT2D eigenvalue weighted by atomic mass is 10.1. The lowest BCUT2D eigenvalue weighted by molar-refractivity contribution is 0.312. The van der Waals surface area contributed by atoms with Crippen LogP contribution in [0.5, 0.6) is 5.75 Å². The third-order valence-electron chi connectivity index (χ3n) is 1.92. The van der Waals surface area contributed by atoms with E-state index in [0.29, 0.717) is 11.6 Å². The number of hydrogen-bond donors (Lipinski definition) is 1. The molecule has 0 amide bonds. The minimum atomic E-state index is -0.0550. The van der Waals surface area contributed by atoms with E-state index in [4.69, 9.17) is 22.1 Å². The Labute approximate surface area is 90.0 Å². The fraction of sp³-hybridized carbons (Fsp3) is 0.455. The molecule has 0 heterocycles. The minimum Gasteiger partial charge on any atom is -0.493 e. The van der Waals surface area contributed by atoms with Crippen molar-refractivity contribution in [1.82, 2.24) is 0 Å². The van der Waals surface area contributed by atoms with E-state index in [1.165, 1.54) is 0 Å². The van der Waals surface area contributed by atoms with Gasteiger partial charge in [-0.2, -0.15) is 0 Å². The van der Waals surface area contributed by atoms with Gasteiger partial charge in [0.25, 0.3) is 0 Å². The van der Waals surface area contributed by atoms with Gasteiger partial charge in [0, 0.05) is 16.6 Å². The van der Waals surface area contributed by atoms with Crippen LogP contribution in [0.1, 0.15) is 31.9 Å². The lowest BCUT2D eigenvalue weighted by Gasteiger charge is -2.13. The van der Waals surface area contributed by atoms with Crippen molar-refractivity contribution >= 4 is 11.6 Å². The first-order chi connectivity index (χ1) is 6.65. The predicted octanol–water partition coefficient (Wildman–Crippen LogP) is 3.15. The molecule has 0 aliphatic heterocycles. The van der Waals surface area contributed by atoms with Gasteiger partial charge in [0.05, 0.1) is 6.61 Å². The Morgan fingerprint density at radius 3 is 2.79 bits per heavy atom. The average molecular weight is 214 g/mol. The van der Waals surface area contributed by atoms with Crippen LogP contribution in [0.25, 0.3) is 0 Å². The summed E-state index contributed by atoms with van der Waals surface area (Å²) >= 11 is 5.88. The van der Waals surface area contributed by atoms with Crippen molar-refractivity contribution in [3.63, 3.8) is 0 Å². The fourth-order valence-electron chi connectivity index (χ4n) is 1.22. The van der Waals surface area contributed by atoms with Crippen LogP contribution in [0.15, 0.2) is 18.2 Å². The largest absolute Gasteiger partial charge is 0.493 e. The summed E-state index contributed by atoms with van der Waals surface area (Å²) in [5.41, 5.74) is 6.78. The zero-order valence-corrected chi connectivity index (χ0v) is 9.34. The highest BCUT2D eigenvalue weighted by Crippen LogP contribution is 2.27. The highest BCUT2D eigenvalue weighted by Gasteiger charge is 2.08. The van der Waals surface area contributed by atoms with Crippen molar-refractivity contribution in [2.24, 2.45) is 5.73 Å². The van der Waals surface area contributed by atoms with Gasteiger partial charge in [-0.15, -0.1) is 0 Å². The molecule has 0 spiro atoms. The SMILES string of the molecule is CCCOc1ccc(Cl)cc1C(C)N. The second-order valence-electron chi connectivity index (χ2n) is 3.32. The summed E-state index contributed by atoms with van der Waals surface area (Å²) < 4.78 is 5.56. The molecule has 2 nitrogen and oxygen atoms in total. The van der Waals surface area contributed by atoms with E-state index in [2.05, 4.69) is 6.92 Å². The maximum atomic E-state index is 5.88. The zero-order chi connectivity index (χ0) is 10.6. The molecule has 0 aliphatic carbocycles. The number of benzene rings is 1. The molecule has 1 unspecified atom stereocenters. The number of ether oxygens (including phenoxy) is 1. The normalized spacial score (nSPS) is 12.6. The van der Waals surface area contributed by atoms with E-state index in [1.807, 2.05) is 25.1 Å². The van der Waals surface area contributed by atoms with Crippen LogP contribution in [0.4, 0.5) is 0 Å². The summed E-state index contributed by atoms with van der Waals surface area (Å²) in [6.45, 7) is 4.70. The van der Waals surface area contributed by atoms with Crippen LogP contribution in [-0.4, -0.2) is 6.61 Å². The second-order valence-corrected chi connectivity index (χ2v) is 3.76. The zero-order valence-electron chi connectivity index (χ0n) is 8.59. The number of nitrogens with two attached hydrogens (primary N) is 1. The van der Waals surface area contributed by atoms with Crippen LogP contribution in [0, 0.1) is 0 Å². The summed E-state index contributed by atoms with van der Waals surface area (Å²) in [6, 6.07) is 5.49. The Balaban J connectivity index is 2.90. The van der Waals surface area contributed by atoms with Gasteiger partial charge in [-0.3, -0.25) is 0 Å². The minimum absolute atomic E-state index is 0.0550. The molecule has 0 radical (unpaired) electrons. The number of rotatable bonds is 4. The van der Waals surface area contributed by atoms with Gasteiger partial charge in [-0.1, -0.05) is 18.5 Å². The Bertz CT molecular complexity index is 299. The fourth-order valence-corrected chi connectivity index (χ4v) is 1.40. The van der Waals surface area contributed by atoms with Gasteiger partial charge in [0.1, 0.15) is 5.75 Å². The lowest BCUT2D eigenvalue weighted by Crippen LogP contribution is -2.08. The molecule has 1 aromatic carbocycles. The molecule has 0 saturated carbocycles. The van der Waals surface area contributed by atoms with Crippen LogP contribution in [0.3, 0.4) is 0 Å². The van der Waals surface area contributed by atoms with Crippen LogP contribution >= 0.6 is 11.6 Å². The molecule has 1 rings (SSSR count). The molecular formula is C11H16ClNO. The summed E-state index contributed by atoms with van der Waals surface area (Å²) in [5, 5.41) is 0.696. The molecule has 1 atom stereocenters. The monoisotopic (exact) mass is 213 g/mol. The molecule has 0 fully saturated rings. The van der Waals surface area contributed by atoms with Gasteiger partial charge in [-0.05, 0) is 31.5 Å². The molecular weight excluding hydrogens is 198 g/mol. The summed E-state index contributed by atoms with van der Waals surface area (Å²) in [5.74, 6) is 0.839. The maximum Gasteiger partial charge on any atom is 0.124 e. The van der Waals surface area contributed by atoms with Gasteiger partial charge in [0.2, 0.25) is 0 Å². The Morgan fingerprint density at radius 1 is 1.50 bits per heavy atom. The Morgan fingerprint density at radius 2 is 2.21 bits per heavy atom. The smallest absolute Gasteiger partial charge is 0.124 e.